The highest BCUT2D eigenvalue weighted by Crippen LogP contribution is 2.46. The molecular weight excluding hydrogens is 298 g/mol. The molecule has 128 valence electrons. The number of phenolic OH excluding ortho intramolecular Hbond substituents is 1. The number of hydrogen-bond donors (Lipinski definition) is 3. The number of hydrogen-bond acceptors (Lipinski definition) is 6. The van der Waals surface area contributed by atoms with Crippen LogP contribution in [0.5, 0.6) is 11.5 Å². The van der Waals surface area contributed by atoms with Crippen LogP contribution >= 0.6 is 0 Å². The van der Waals surface area contributed by atoms with Crippen LogP contribution in [-0.4, -0.2) is 44.4 Å². The molecular formula is C17H25NO5. The monoisotopic (exact) mass is 323 g/mol. The highest BCUT2D eigenvalue weighted by atomic mass is 16.7. The van der Waals surface area contributed by atoms with Crippen molar-refractivity contribution in [1.29, 1.82) is 0 Å². The number of ether oxygens (including phenoxy) is 1. The summed E-state index contributed by atoms with van der Waals surface area (Å²) >= 11 is 0. The van der Waals surface area contributed by atoms with Crippen molar-refractivity contribution in [2.24, 2.45) is 0 Å². The SMILES string of the molecule is CC(C)(C)ON1CCC2(CC(O)c3cc(O)ccc3O2)CC1O. The number of phenols is 1. The van der Waals surface area contributed by atoms with Gasteiger partial charge < -0.3 is 20.1 Å². The van der Waals surface area contributed by atoms with Crippen molar-refractivity contribution in [1.82, 2.24) is 5.06 Å². The van der Waals surface area contributed by atoms with E-state index >= 15 is 0 Å². The Balaban J connectivity index is 1.77. The second-order valence-corrected chi connectivity index (χ2v) is 7.51. The Morgan fingerprint density at radius 2 is 2.00 bits per heavy atom. The molecule has 3 atom stereocenters. The van der Waals surface area contributed by atoms with Gasteiger partial charge in [-0.2, -0.15) is 5.06 Å². The lowest BCUT2D eigenvalue weighted by Crippen LogP contribution is -2.56. The summed E-state index contributed by atoms with van der Waals surface area (Å²) in [5, 5.41) is 32.0. The molecule has 2 aliphatic heterocycles. The zero-order valence-corrected chi connectivity index (χ0v) is 13.8. The molecule has 3 N–H and O–H groups in total. The summed E-state index contributed by atoms with van der Waals surface area (Å²) in [7, 11) is 0. The van der Waals surface area contributed by atoms with Crippen LogP contribution in [0.15, 0.2) is 18.2 Å². The van der Waals surface area contributed by atoms with E-state index < -0.39 is 17.9 Å². The lowest BCUT2D eigenvalue weighted by Gasteiger charge is -2.48. The predicted octanol–water partition coefficient (Wildman–Crippen LogP) is 2.09. The molecule has 0 aliphatic carbocycles. The minimum atomic E-state index is -0.783. The molecule has 0 bridgehead atoms. The topological polar surface area (TPSA) is 82.4 Å². The number of nitrogens with zero attached hydrogens (tertiary/aromatic N) is 1. The average molecular weight is 323 g/mol. The van der Waals surface area contributed by atoms with Gasteiger partial charge in [0.1, 0.15) is 23.3 Å². The fraction of sp³-hybridized carbons (Fsp3) is 0.647. The average Bonchev–Trinajstić information content (AvgIpc) is 2.42. The highest BCUT2D eigenvalue weighted by molar-refractivity contribution is 5.43. The standard InChI is InChI=1S/C17H25NO5/c1-16(2,3)23-18-7-6-17(10-15(18)21)9-13(20)12-8-11(19)4-5-14(12)22-17/h4-5,8,13,15,19-21H,6-7,9-10H2,1-3H3. The van der Waals surface area contributed by atoms with Crippen molar-refractivity contribution in [2.45, 2.75) is 63.6 Å². The van der Waals surface area contributed by atoms with Crippen LogP contribution < -0.4 is 4.74 Å². The number of aromatic hydroxyl groups is 1. The van der Waals surface area contributed by atoms with Gasteiger partial charge in [0.05, 0.1) is 11.7 Å². The smallest absolute Gasteiger partial charge is 0.133 e. The number of fused-ring (bicyclic) bond motifs is 1. The van der Waals surface area contributed by atoms with Gasteiger partial charge >= 0.3 is 0 Å². The summed E-state index contributed by atoms with van der Waals surface area (Å²) in [6.45, 7) is 6.34. The molecule has 0 amide bonds. The first-order chi connectivity index (χ1) is 10.7. The van der Waals surface area contributed by atoms with Crippen LogP contribution in [0.3, 0.4) is 0 Å². The molecule has 1 aromatic carbocycles. The molecule has 1 aromatic rings. The zero-order valence-electron chi connectivity index (χ0n) is 13.8. The minimum Gasteiger partial charge on any atom is -0.508 e. The normalized spacial score (nSPS) is 31.7. The number of rotatable bonds is 1. The van der Waals surface area contributed by atoms with Gasteiger partial charge in [-0.3, -0.25) is 4.84 Å². The molecule has 0 radical (unpaired) electrons. The molecule has 3 unspecified atom stereocenters. The Morgan fingerprint density at radius 1 is 1.26 bits per heavy atom. The van der Waals surface area contributed by atoms with Crippen LogP contribution in [-0.2, 0) is 4.84 Å². The van der Waals surface area contributed by atoms with Gasteiger partial charge in [0, 0.05) is 31.4 Å². The first-order valence-electron chi connectivity index (χ1n) is 8.01. The van der Waals surface area contributed by atoms with Gasteiger partial charge in [-0.05, 0) is 39.0 Å². The van der Waals surface area contributed by atoms with E-state index in [1.165, 1.54) is 6.07 Å². The second kappa shape index (κ2) is 5.63. The van der Waals surface area contributed by atoms with E-state index in [-0.39, 0.29) is 11.4 Å². The van der Waals surface area contributed by atoms with E-state index in [0.29, 0.717) is 37.1 Å². The Bertz CT molecular complexity index is 585. The number of aliphatic hydroxyl groups excluding tert-OH is 2. The summed E-state index contributed by atoms with van der Waals surface area (Å²) in [6, 6.07) is 4.74. The summed E-state index contributed by atoms with van der Waals surface area (Å²) in [5.41, 5.74) is -0.387. The van der Waals surface area contributed by atoms with E-state index in [2.05, 4.69) is 0 Å². The van der Waals surface area contributed by atoms with Crippen LogP contribution in [0.4, 0.5) is 0 Å². The third-order valence-corrected chi connectivity index (χ3v) is 4.31. The molecule has 1 saturated heterocycles. The maximum absolute atomic E-state index is 10.4. The first-order valence-corrected chi connectivity index (χ1v) is 8.01. The Hall–Kier alpha value is -1.34. The molecule has 1 spiro atoms. The van der Waals surface area contributed by atoms with Gasteiger partial charge in [-0.1, -0.05) is 0 Å². The van der Waals surface area contributed by atoms with Crippen LogP contribution in [0, 0.1) is 0 Å². The van der Waals surface area contributed by atoms with E-state index in [0.717, 1.165) is 0 Å². The fourth-order valence-corrected chi connectivity index (χ4v) is 3.36. The maximum Gasteiger partial charge on any atom is 0.133 e. The van der Waals surface area contributed by atoms with E-state index in [4.69, 9.17) is 9.57 Å². The van der Waals surface area contributed by atoms with Gasteiger partial charge in [-0.25, -0.2) is 0 Å². The van der Waals surface area contributed by atoms with Crippen LogP contribution in [0.1, 0.15) is 51.7 Å². The summed E-state index contributed by atoms with van der Waals surface area (Å²) in [6.07, 6.45) is -0.0936. The molecule has 0 aromatic heterocycles. The largest absolute Gasteiger partial charge is 0.508 e. The fourth-order valence-electron chi connectivity index (χ4n) is 3.36. The summed E-state index contributed by atoms with van der Waals surface area (Å²) in [4.78, 5) is 5.77. The summed E-state index contributed by atoms with van der Waals surface area (Å²) < 4.78 is 6.12. The minimum absolute atomic E-state index is 0.107. The third kappa shape index (κ3) is 3.45. The van der Waals surface area contributed by atoms with Crippen molar-refractivity contribution in [3.63, 3.8) is 0 Å². The molecule has 6 heteroatoms. The molecule has 6 nitrogen and oxygen atoms in total. The Morgan fingerprint density at radius 3 is 2.65 bits per heavy atom. The first kappa shape index (κ1) is 16.5. The Kier molecular flexibility index (Phi) is 4.04. The van der Waals surface area contributed by atoms with Crippen molar-refractivity contribution in [2.75, 3.05) is 6.54 Å². The summed E-state index contributed by atoms with van der Waals surface area (Å²) in [5.74, 6) is 0.676. The molecule has 2 aliphatic rings. The molecule has 2 heterocycles. The quantitative estimate of drug-likeness (QED) is 0.734. The van der Waals surface area contributed by atoms with Crippen LogP contribution in [0.2, 0.25) is 0 Å². The zero-order chi connectivity index (χ0) is 16.8. The number of hydroxylamine groups is 2. The van der Waals surface area contributed by atoms with Gasteiger partial charge in [0.2, 0.25) is 0 Å². The number of aliphatic hydroxyl groups is 2. The predicted molar refractivity (Wildman–Crippen MR) is 83.8 cm³/mol. The van der Waals surface area contributed by atoms with Gasteiger partial charge in [0.15, 0.2) is 0 Å². The van der Waals surface area contributed by atoms with E-state index in [1.54, 1.807) is 17.2 Å². The second-order valence-electron chi connectivity index (χ2n) is 7.51. The van der Waals surface area contributed by atoms with E-state index in [9.17, 15) is 15.3 Å². The molecule has 0 saturated carbocycles. The highest BCUT2D eigenvalue weighted by Gasteiger charge is 2.47. The maximum atomic E-state index is 10.4. The van der Waals surface area contributed by atoms with E-state index in [1.807, 2.05) is 20.8 Å². The lowest BCUT2D eigenvalue weighted by molar-refractivity contribution is -0.313. The van der Waals surface area contributed by atoms with Crippen molar-refractivity contribution < 1.29 is 24.9 Å². The number of benzene rings is 1. The van der Waals surface area contributed by atoms with Gasteiger partial charge in [0.25, 0.3) is 0 Å². The van der Waals surface area contributed by atoms with Crippen molar-refractivity contribution in [3.05, 3.63) is 23.8 Å². The van der Waals surface area contributed by atoms with Gasteiger partial charge in [-0.15, -0.1) is 0 Å². The molecule has 1 fully saturated rings. The molecule has 23 heavy (non-hydrogen) atoms. The lowest BCUT2D eigenvalue weighted by atomic mass is 9.81. The number of piperidine rings is 1. The Labute approximate surface area is 136 Å². The molecule has 3 rings (SSSR count). The van der Waals surface area contributed by atoms with Crippen LogP contribution in [0.25, 0.3) is 0 Å². The van der Waals surface area contributed by atoms with Crippen molar-refractivity contribution in [3.8, 4) is 11.5 Å². The third-order valence-electron chi connectivity index (χ3n) is 4.31. The van der Waals surface area contributed by atoms with Crippen molar-refractivity contribution >= 4 is 0 Å².